The SMILES string of the molecule is Cl.Fc1ccc(C2C[C@H]3CNC[C@@H]3C2)cc1. The zero-order valence-corrected chi connectivity index (χ0v) is 9.97. The summed E-state index contributed by atoms with van der Waals surface area (Å²) in [5, 5.41) is 3.45. The molecule has 1 aliphatic carbocycles. The number of hydrogen-bond donors (Lipinski definition) is 1. The van der Waals surface area contributed by atoms with E-state index in [4.69, 9.17) is 0 Å². The van der Waals surface area contributed by atoms with Crippen LogP contribution in [0.4, 0.5) is 4.39 Å². The van der Waals surface area contributed by atoms with Crippen LogP contribution in [0.3, 0.4) is 0 Å². The lowest BCUT2D eigenvalue weighted by atomic mass is 9.96. The zero-order chi connectivity index (χ0) is 10.3. The molecule has 1 aromatic rings. The highest BCUT2D eigenvalue weighted by Gasteiger charge is 2.37. The largest absolute Gasteiger partial charge is 0.316 e. The maximum Gasteiger partial charge on any atom is 0.123 e. The smallest absolute Gasteiger partial charge is 0.123 e. The van der Waals surface area contributed by atoms with Crippen molar-refractivity contribution in [1.29, 1.82) is 0 Å². The Balaban J connectivity index is 0.000000963. The fraction of sp³-hybridized carbons (Fsp3) is 0.538. The second-order valence-electron chi connectivity index (χ2n) is 4.90. The Kier molecular flexibility index (Phi) is 3.50. The first-order valence-corrected chi connectivity index (χ1v) is 5.79. The number of benzene rings is 1. The molecule has 3 rings (SSSR count). The molecule has 2 aliphatic rings. The van der Waals surface area contributed by atoms with Crippen molar-refractivity contribution >= 4 is 12.4 Å². The minimum atomic E-state index is -0.126. The molecule has 0 bridgehead atoms. The van der Waals surface area contributed by atoms with E-state index in [2.05, 4.69) is 5.32 Å². The van der Waals surface area contributed by atoms with Gasteiger partial charge in [-0.05, 0) is 61.4 Å². The van der Waals surface area contributed by atoms with E-state index >= 15 is 0 Å². The number of rotatable bonds is 1. The number of halogens is 2. The third-order valence-corrected chi connectivity index (χ3v) is 4.00. The predicted molar refractivity (Wildman–Crippen MR) is 65.5 cm³/mol. The molecule has 0 amide bonds. The van der Waals surface area contributed by atoms with Crippen LogP contribution in [0.1, 0.15) is 24.3 Å². The summed E-state index contributed by atoms with van der Waals surface area (Å²) in [6.07, 6.45) is 2.56. The lowest BCUT2D eigenvalue weighted by molar-refractivity contribution is 0.494. The fourth-order valence-corrected chi connectivity index (χ4v) is 3.17. The average molecular weight is 242 g/mol. The van der Waals surface area contributed by atoms with Crippen molar-refractivity contribution in [3.05, 3.63) is 35.6 Å². The Morgan fingerprint density at radius 1 is 1.00 bits per heavy atom. The van der Waals surface area contributed by atoms with Gasteiger partial charge in [0.05, 0.1) is 0 Å². The molecule has 1 aliphatic heterocycles. The first-order valence-electron chi connectivity index (χ1n) is 5.79. The monoisotopic (exact) mass is 241 g/mol. The second kappa shape index (κ2) is 4.72. The Morgan fingerprint density at radius 2 is 1.56 bits per heavy atom. The van der Waals surface area contributed by atoms with E-state index in [9.17, 15) is 4.39 Å². The Morgan fingerprint density at radius 3 is 2.12 bits per heavy atom. The molecular weight excluding hydrogens is 225 g/mol. The maximum absolute atomic E-state index is 12.8. The molecular formula is C13H17ClFN. The summed E-state index contributed by atoms with van der Waals surface area (Å²) in [5.41, 5.74) is 1.32. The summed E-state index contributed by atoms with van der Waals surface area (Å²) >= 11 is 0. The quantitative estimate of drug-likeness (QED) is 0.797. The molecule has 1 aromatic carbocycles. The van der Waals surface area contributed by atoms with Gasteiger partial charge in [-0.3, -0.25) is 0 Å². The minimum Gasteiger partial charge on any atom is -0.316 e. The van der Waals surface area contributed by atoms with Gasteiger partial charge < -0.3 is 5.32 Å². The van der Waals surface area contributed by atoms with Gasteiger partial charge in [-0.15, -0.1) is 12.4 Å². The van der Waals surface area contributed by atoms with Crippen molar-refractivity contribution in [3.63, 3.8) is 0 Å². The van der Waals surface area contributed by atoms with E-state index in [0.717, 1.165) is 11.8 Å². The lowest BCUT2D eigenvalue weighted by Crippen LogP contribution is -2.11. The van der Waals surface area contributed by atoms with Gasteiger partial charge in [0.15, 0.2) is 0 Å². The number of nitrogens with one attached hydrogen (secondary N) is 1. The molecule has 2 atom stereocenters. The van der Waals surface area contributed by atoms with Crippen LogP contribution in [-0.2, 0) is 0 Å². The van der Waals surface area contributed by atoms with Gasteiger partial charge in [-0.1, -0.05) is 12.1 Å². The van der Waals surface area contributed by atoms with Crippen molar-refractivity contribution in [2.24, 2.45) is 11.8 Å². The second-order valence-corrected chi connectivity index (χ2v) is 4.90. The predicted octanol–water partition coefficient (Wildman–Crippen LogP) is 2.96. The van der Waals surface area contributed by atoms with Crippen molar-refractivity contribution < 1.29 is 4.39 Å². The molecule has 16 heavy (non-hydrogen) atoms. The highest BCUT2D eigenvalue weighted by atomic mass is 35.5. The van der Waals surface area contributed by atoms with Gasteiger partial charge in [-0.2, -0.15) is 0 Å². The van der Waals surface area contributed by atoms with E-state index in [1.54, 1.807) is 12.1 Å². The molecule has 88 valence electrons. The van der Waals surface area contributed by atoms with E-state index in [1.807, 2.05) is 12.1 Å². The molecule has 2 fully saturated rings. The van der Waals surface area contributed by atoms with Gasteiger partial charge in [0.2, 0.25) is 0 Å². The van der Waals surface area contributed by atoms with Gasteiger partial charge in [0.25, 0.3) is 0 Å². The number of hydrogen-bond acceptors (Lipinski definition) is 1. The van der Waals surface area contributed by atoms with Crippen LogP contribution in [0.15, 0.2) is 24.3 Å². The highest BCUT2D eigenvalue weighted by Crippen LogP contribution is 2.43. The van der Waals surface area contributed by atoms with Gasteiger partial charge >= 0.3 is 0 Å². The maximum atomic E-state index is 12.8. The molecule has 0 unspecified atom stereocenters. The number of fused-ring (bicyclic) bond motifs is 1. The van der Waals surface area contributed by atoms with Crippen LogP contribution >= 0.6 is 12.4 Å². The summed E-state index contributed by atoms with van der Waals surface area (Å²) in [4.78, 5) is 0. The van der Waals surface area contributed by atoms with Crippen LogP contribution in [0.5, 0.6) is 0 Å². The van der Waals surface area contributed by atoms with Crippen LogP contribution < -0.4 is 5.32 Å². The van der Waals surface area contributed by atoms with Crippen LogP contribution in [-0.4, -0.2) is 13.1 Å². The molecule has 1 saturated carbocycles. The zero-order valence-electron chi connectivity index (χ0n) is 9.16. The molecule has 3 heteroatoms. The van der Waals surface area contributed by atoms with E-state index < -0.39 is 0 Å². The summed E-state index contributed by atoms with van der Waals surface area (Å²) in [6, 6.07) is 7.08. The summed E-state index contributed by atoms with van der Waals surface area (Å²) in [6.45, 7) is 2.37. The van der Waals surface area contributed by atoms with Gasteiger partial charge in [0.1, 0.15) is 5.82 Å². The standard InChI is InChI=1S/C13H16FN.ClH/c14-13-3-1-9(2-4-13)10-5-11-7-15-8-12(11)6-10;/h1-4,10-12,15H,5-8H2;1H/t11-,12-;/m0./s1. The van der Waals surface area contributed by atoms with E-state index in [-0.39, 0.29) is 18.2 Å². The Hall–Kier alpha value is -0.600. The van der Waals surface area contributed by atoms with Gasteiger partial charge in [-0.25, -0.2) is 4.39 Å². The molecule has 0 radical (unpaired) electrons. The highest BCUT2D eigenvalue weighted by molar-refractivity contribution is 5.85. The Labute approximate surface area is 102 Å². The summed E-state index contributed by atoms with van der Waals surface area (Å²) < 4.78 is 12.8. The molecule has 1 heterocycles. The average Bonchev–Trinajstić information content (AvgIpc) is 2.78. The molecule has 0 spiro atoms. The molecule has 1 saturated heterocycles. The third-order valence-electron chi connectivity index (χ3n) is 4.00. The van der Waals surface area contributed by atoms with Crippen LogP contribution in [0.25, 0.3) is 0 Å². The van der Waals surface area contributed by atoms with E-state index in [0.29, 0.717) is 5.92 Å². The molecule has 1 nitrogen and oxygen atoms in total. The summed E-state index contributed by atoms with van der Waals surface area (Å²) in [7, 11) is 0. The Bertz CT molecular complexity index is 339. The van der Waals surface area contributed by atoms with Crippen molar-refractivity contribution in [3.8, 4) is 0 Å². The first kappa shape index (κ1) is 11.9. The van der Waals surface area contributed by atoms with Crippen LogP contribution in [0, 0.1) is 17.7 Å². The third kappa shape index (κ3) is 2.09. The van der Waals surface area contributed by atoms with Gasteiger partial charge in [0, 0.05) is 0 Å². The fourth-order valence-electron chi connectivity index (χ4n) is 3.17. The lowest BCUT2D eigenvalue weighted by Gasteiger charge is -2.11. The normalized spacial score (nSPS) is 28.8. The minimum absolute atomic E-state index is 0. The van der Waals surface area contributed by atoms with Crippen molar-refractivity contribution in [1.82, 2.24) is 5.32 Å². The van der Waals surface area contributed by atoms with Crippen molar-refractivity contribution in [2.45, 2.75) is 18.8 Å². The summed E-state index contributed by atoms with van der Waals surface area (Å²) in [5.74, 6) is 2.27. The molecule has 0 aromatic heterocycles. The first-order chi connectivity index (χ1) is 7.33. The van der Waals surface area contributed by atoms with Crippen LogP contribution in [0.2, 0.25) is 0 Å². The van der Waals surface area contributed by atoms with E-state index in [1.165, 1.54) is 31.5 Å². The van der Waals surface area contributed by atoms with Crippen molar-refractivity contribution in [2.75, 3.05) is 13.1 Å². The topological polar surface area (TPSA) is 12.0 Å². The molecule has 1 N–H and O–H groups in total.